The normalized spacial score (nSPS) is 10.1. The van der Waals surface area contributed by atoms with Crippen LogP contribution < -0.4 is 24.3 Å². The second kappa shape index (κ2) is 9.45. The van der Waals surface area contributed by atoms with E-state index in [4.69, 9.17) is 18.9 Å². The zero-order chi connectivity index (χ0) is 20.7. The number of carbonyl (C=O) groups excluding carboxylic acids is 1. The number of methoxy groups -OCH3 is 3. The standard InChI is InChI=1S/C19H22N2O7/c1-12-7-14(5-6-15(12)21(23)24)28-11-19(22)20-10-13-8-17(26-3)18(27-4)9-16(13)25-2/h5-9H,10-11H2,1-4H3,(H,20,22). The molecule has 0 aliphatic rings. The first-order chi connectivity index (χ1) is 13.4. The second-order valence-corrected chi connectivity index (χ2v) is 5.79. The van der Waals surface area contributed by atoms with Crippen molar-refractivity contribution < 1.29 is 28.7 Å². The third-order valence-electron chi connectivity index (χ3n) is 4.00. The molecular weight excluding hydrogens is 368 g/mol. The van der Waals surface area contributed by atoms with Crippen LogP contribution in [0, 0.1) is 17.0 Å². The first-order valence-corrected chi connectivity index (χ1v) is 8.33. The maximum atomic E-state index is 12.1. The number of ether oxygens (including phenoxy) is 4. The molecule has 0 radical (unpaired) electrons. The van der Waals surface area contributed by atoms with Gasteiger partial charge in [-0.25, -0.2) is 0 Å². The molecule has 9 nitrogen and oxygen atoms in total. The minimum absolute atomic E-state index is 0.00245. The lowest BCUT2D eigenvalue weighted by Crippen LogP contribution is -2.28. The van der Waals surface area contributed by atoms with Crippen molar-refractivity contribution in [1.82, 2.24) is 5.32 Å². The second-order valence-electron chi connectivity index (χ2n) is 5.79. The van der Waals surface area contributed by atoms with Gasteiger partial charge in [0.25, 0.3) is 11.6 Å². The molecule has 0 saturated heterocycles. The van der Waals surface area contributed by atoms with Gasteiger partial charge >= 0.3 is 0 Å². The van der Waals surface area contributed by atoms with Crippen LogP contribution in [-0.2, 0) is 11.3 Å². The third-order valence-corrected chi connectivity index (χ3v) is 4.00. The maximum Gasteiger partial charge on any atom is 0.272 e. The molecule has 28 heavy (non-hydrogen) atoms. The van der Waals surface area contributed by atoms with E-state index in [0.29, 0.717) is 34.1 Å². The average Bonchev–Trinajstić information content (AvgIpc) is 2.69. The number of nitrogens with zero attached hydrogens (tertiary/aromatic N) is 1. The summed E-state index contributed by atoms with van der Waals surface area (Å²) >= 11 is 0. The lowest BCUT2D eigenvalue weighted by Gasteiger charge is -2.14. The van der Waals surface area contributed by atoms with Crippen molar-refractivity contribution in [2.24, 2.45) is 0 Å². The summed E-state index contributed by atoms with van der Waals surface area (Å²) < 4.78 is 21.2. The molecule has 0 saturated carbocycles. The van der Waals surface area contributed by atoms with Crippen LogP contribution in [-0.4, -0.2) is 38.8 Å². The van der Waals surface area contributed by atoms with Crippen molar-refractivity contribution in [1.29, 1.82) is 0 Å². The molecule has 2 aromatic rings. The average molecular weight is 390 g/mol. The van der Waals surface area contributed by atoms with Gasteiger partial charge in [0, 0.05) is 29.8 Å². The van der Waals surface area contributed by atoms with Gasteiger partial charge < -0.3 is 24.3 Å². The molecule has 1 N–H and O–H groups in total. The topological polar surface area (TPSA) is 109 Å². The van der Waals surface area contributed by atoms with Crippen LogP contribution in [0.3, 0.4) is 0 Å². The highest BCUT2D eigenvalue weighted by Crippen LogP contribution is 2.34. The lowest BCUT2D eigenvalue weighted by molar-refractivity contribution is -0.385. The Morgan fingerprint density at radius 2 is 1.68 bits per heavy atom. The summed E-state index contributed by atoms with van der Waals surface area (Å²) in [4.78, 5) is 22.4. The van der Waals surface area contributed by atoms with Crippen molar-refractivity contribution in [2.75, 3.05) is 27.9 Å². The fraction of sp³-hybridized carbons (Fsp3) is 0.316. The minimum Gasteiger partial charge on any atom is -0.496 e. The molecular formula is C19H22N2O7. The Labute approximate surface area is 162 Å². The number of benzene rings is 2. The number of hydrogen-bond donors (Lipinski definition) is 1. The highest BCUT2D eigenvalue weighted by Gasteiger charge is 2.14. The van der Waals surface area contributed by atoms with E-state index in [0.717, 1.165) is 0 Å². The van der Waals surface area contributed by atoms with Crippen LogP contribution in [0.1, 0.15) is 11.1 Å². The van der Waals surface area contributed by atoms with Crippen LogP contribution in [0.2, 0.25) is 0 Å². The number of aryl methyl sites for hydroxylation is 1. The quantitative estimate of drug-likeness (QED) is 0.518. The van der Waals surface area contributed by atoms with Gasteiger partial charge in [0.1, 0.15) is 11.5 Å². The van der Waals surface area contributed by atoms with Crippen molar-refractivity contribution >= 4 is 11.6 Å². The first kappa shape index (κ1) is 20.8. The van der Waals surface area contributed by atoms with E-state index in [1.807, 2.05) is 0 Å². The van der Waals surface area contributed by atoms with Gasteiger partial charge in [0.15, 0.2) is 18.1 Å². The number of carbonyl (C=O) groups is 1. The molecule has 0 heterocycles. The summed E-state index contributed by atoms with van der Waals surface area (Å²) in [6, 6.07) is 7.71. The largest absolute Gasteiger partial charge is 0.496 e. The molecule has 1 amide bonds. The molecule has 0 unspecified atom stereocenters. The fourth-order valence-corrected chi connectivity index (χ4v) is 2.55. The minimum atomic E-state index is -0.470. The monoisotopic (exact) mass is 390 g/mol. The lowest BCUT2D eigenvalue weighted by atomic mass is 10.1. The molecule has 0 aromatic heterocycles. The number of nitrogens with one attached hydrogen (secondary N) is 1. The van der Waals surface area contributed by atoms with Gasteiger partial charge in [0.05, 0.1) is 26.3 Å². The van der Waals surface area contributed by atoms with E-state index in [-0.39, 0.29) is 24.7 Å². The van der Waals surface area contributed by atoms with E-state index >= 15 is 0 Å². The van der Waals surface area contributed by atoms with Crippen LogP contribution in [0.25, 0.3) is 0 Å². The molecule has 0 bridgehead atoms. The van der Waals surface area contributed by atoms with Crippen LogP contribution in [0.5, 0.6) is 23.0 Å². The molecule has 9 heteroatoms. The highest BCUT2D eigenvalue weighted by molar-refractivity contribution is 5.77. The zero-order valence-corrected chi connectivity index (χ0v) is 16.1. The molecule has 0 fully saturated rings. The van der Waals surface area contributed by atoms with Crippen LogP contribution >= 0.6 is 0 Å². The van der Waals surface area contributed by atoms with Crippen LogP contribution in [0.15, 0.2) is 30.3 Å². The van der Waals surface area contributed by atoms with Gasteiger partial charge in [0.2, 0.25) is 0 Å². The van der Waals surface area contributed by atoms with Gasteiger partial charge in [-0.1, -0.05) is 0 Å². The molecule has 0 aliphatic carbocycles. The summed E-state index contributed by atoms with van der Waals surface area (Å²) in [7, 11) is 4.56. The predicted molar refractivity (Wildman–Crippen MR) is 101 cm³/mol. The molecule has 0 spiro atoms. The van der Waals surface area contributed by atoms with E-state index in [1.54, 1.807) is 19.1 Å². The Hall–Kier alpha value is -3.49. The van der Waals surface area contributed by atoms with Crippen molar-refractivity contribution in [2.45, 2.75) is 13.5 Å². The summed E-state index contributed by atoms with van der Waals surface area (Å²) in [6.45, 7) is 1.58. The fourth-order valence-electron chi connectivity index (χ4n) is 2.55. The summed E-state index contributed by atoms with van der Waals surface area (Å²) in [5.41, 5.74) is 1.16. The molecule has 2 rings (SSSR count). The molecule has 0 aliphatic heterocycles. The van der Waals surface area contributed by atoms with Gasteiger partial charge in [-0.05, 0) is 25.1 Å². The highest BCUT2D eigenvalue weighted by atomic mass is 16.6. The summed E-state index contributed by atoms with van der Waals surface area (Å²) in [6.07, 6.45) is 0. The maximum absolute atomic E-state index is 12.1. The van der Waals surface area contributed by atoms with Crippen molar-refractivity contribution in [3.63, 3.8) is 0 Å². The molecule has 150 valence electrons. The molecule has 0 atom stereocenters. The van der Waals surface area contributed by atoms with E-state index in [9.17, 15) is 14.9 Å². The number of nitro groups is 1. The Bertz CT molecular complexity index is 868. The Morgan fingerprint density at radius 3 is 2.25 bits per heavy atom. The van der Waals surface area contributed by atoms with Gasteiger partial charge in [-0.2, -0.15) is 0 Å². The van der Waals surface area contributed by atoms with Crippen molar-refractivity contribution in [3.8, 4) is 23.0 Å². The van der Waals surface area contributed by atoms with Gasteiger partial charge in [-0.3, -0.25) is 14.9 Å². The van der Waals surface area contributed by atoms with E-state index in [1.165, 1.54) is 39.5 Å². The predicted octanol–water partition coefficient (Wildman–Crippen LogP) is 2.62. The smallest absolute Gasteiger partial charge is 0.272 e. The van der Waals surface area contributed by atoms with Crippen molar-refractivity contribution in [3.05, 3.63) is 51.6 Å². The van der Waals surface area contributed by atoms with Gasteiger partial charge in [-0.15, -0.1) is 0 Å². The summed E-state index contributed by atoms with van der Waals surface area (Å²) in [5.74, 6) is 1.61. The SMILES string of the molecule is COc1cc(OC)c(OC)cc1CNC(=O)COc1ccc([N+](=O)[O-])c(C)c1. The Kier molecular flexibility index (Phi) is 7.02. The van der Waals surface area contributed by atoms with E-state index < -0.39 is 4.92 Å². The number of amides is 1. The third kappa shape index (κ3) is 5.03. The summed E-state index contributed by atoms with van der Waals surface area (Å²) in [5, 5.41) is 13.6. The molecule has 2 aromatic carbocycles. The number of rotatable bonds is 9. The van der Waals surface area contributed by atoms with Crippen LogP contribution in [0.4, 0.5) is 5.69 Å². The zero-order valence-electron chi connectivity index (χ0n) is 16.1. The number of hydrogen-bond acceptors (Lipinski definition) is 7. The first-order valence-electron chi connectivity index (χ1n) is 8.33. The van der Waals surface area contributed by atoms with E-state index in [2.05, 4.69) is 5.32 Å². The Balaban J connectivity index is 1.97. The number of nitro benzene ring substituents is 1. The Morgan fingerprint density at radius 1 is 1.04 bits per heavy atom.